The number of anilines is 1. The van der Waals surface area contributed by atoms with Crippen LogP contribution in [-0.4, -0.2) is 58.2 Å². The topological polar surface area (TPSA) is 63.2 Å². The van der Waals surface area contributed by atoms with E-state index >= 15 is 0 Å². The molecule has 6 heteroatoms. The lowest BCUT2D eigenvalue weighted by molar-refractivity contribution is 0.0176. The van der Waals surface area contributed by atoms with Crippen molar-refractivity contribution in [3.63, 3.8) is 0 Å². The molecule has 2 unspecified atom stereocenters. The molecule has 2 aromatic rings. The first kappa shape index (κ1) is 17.8. The Morgan fingerprint density at radius 1 is 1.20 bits per heavy atom. The molecule has 0 radical (unpaired) electrons. The van der Waals surface area contributed by atoms with E-state index in [0.717, 1.165) is 49.9 Å². The zero-order chi connectivity index (χ0) is 17.6. The minimum absolute atomic E-state index is 0.272. The van der Waals surface area contributed by atoms with Crippen molar-refractivity contribution >= 4 is 5.82 Å². The van der Waals surface area contributed by atoms with Crippen LogP contribution >= 0.6 is 0 Å². The molecule has 0 aliphatic carbocycles. The SMILES string of the molecule is CCc1cc(NC(C)C(C)N2CCOCC2)nc(-c2ccccn2)n1. The van der Waals surface area contributed by atoms with Crippen LogP contribution in [0.5, 0.6) is 0 Å². The second-order valence-corrected chi connectivity index (χ2v) is 6.46. The molecule has 1 fully saturated rings. The van der Waals surface area contributed by atoms with Gasteiger partial charge >= 0.3 is 0 Å². The third-order valence-electron chi connectivity index (χ3n) is 4.76. The van der Waals surface area contributed by atoms with Crippen LogP contribution in [0.15, 0.2) is 30.5 Å². The van der Waals surface area contributed by atoms with Crippen molar-refractivity contribution in [2.75, 3.05) is 31.6 Å². The van der Waals surface area contributed by atoms with Crippen molar-refractivity contribution < 1.29 is 4.74 Å². The number of nitrogens with zero attached hydrogens (tertiary/aromatic N) is 4. The summed E-state index contributed by atoms with van der Waals surface area (Å²) in [4.78, 5) is 16.2. The second kappa shape index (κ2) is 8.36. The maximum absolute atomic E-state index is 5.45. The average molecular weight is 341 g/mol. The van der Waals surface area contributed by atoms with E-state index in [4.69, 9.17) is 9.72 Å². The molecular weight excluding hydrogens is 314 g/mol. The first-order valence-electron chi connectivity index (χ1n) is 9.05. The van der Waals surface area contributed by atoms with Gasteiger partial charge < -0.3 is 10.1 Å². The smallest absolute Gasteiger partial charge is 0.180 e. The van der Waals surface area contributed by atoms with Crippen LogP contribution in [0.2, 0.25) is 0 Å². The molecule has 1 aliphatic rings. The van der Waals surface area contributed by atoms with Crippen LogP contribution in [0, 0.1) is 0 Å². The molecule has 3 rings (SSSR count). The molecule has 3 heterocycles. The van der Waals surface area contributed by atoms with E-state index in [1.54, 1.807) is 6.20 Å². The summed E-state index contributed by atoms with van der Waals surface area (Å²) in [7, 11) is 0. The number of hydrogen-bond donors (Lipinski definition) is 1. The van der Waals surface area contributed by atoms with Gasteiger partial charge in [-0.2, -0.15) is 0 Å². The molecule has 0 spiro atoms. The number of morpholine rings is 1. The minimum atomic E-state index is 0.272. The highest BCUT2D eigenvalue weighted by molar-refractivity contribution is 5.53. The maximum Gasteiger partial charge on any atom is 0.180 e. The van der Waals surface area contributed by atoms with Crippen LogP contribution in [0.25, 0.3) is 11.5 Å². The van der Waals surface area contributed by atoms with Crippen LogP contribution in [0.4, 0.5) is 5.82 Å². The molecule has 0 aromatic carbocycles. The van der Waals surface area contributed by atoms with E-state index in [2.05, 4.69) is 41.0 Å². The Hall–Kier alpha value is -2.05. The zero-order valence-electron chi connectivity index (χ0n) is 15.3. The lowest BCUT2D eigenvalue weighted by Crippen LogP contribution is -2.48. The lowest BCUT2D eigenvalue weighted by Gasteiger charge is -2.36. The fourth-order valence-electron chi connectivity index (χ4n) is 3.02. The average Bonchev–Trinajstić information content (AvgIpc) is 2.68. The lowest BCUT2D eigenvalue weighted by atomic mass is 10.1. The summed E-state index contributed by atoms with van der Waals surface area (Å²) in [5.74, 6) is 1.54. The normalized spacial score (nSPS) is 17.9. The van der Waals surface area contributed by atoms with E-state index in [1.807, 2.05) is 24.3 Å². The van der Waals surface area contributed by atoms with Gasteiger partial charge in [0.05, 0.1) is 13.2 Å². The summed E-state index contributed by atoms with van der Waals surface area (Å²) < 4.78 is 5.45. The van der Waals surface area contributed by atoms with Gasteiger partial charge in [-0.05, 0) is 32.4 Å². The van der Waals surface area contributed by atoms with Crippen LogP contribution in [0.3, 0.4) is 0 Å². The molecule has 2 aromatic heterocycles. The maximum atomic E-state index is 5.45. The van der Waals surface area contributed by atoms with Gasteiger partial charge in [-0.25, -0.2) is 9.97 Å². The van der Waals surface area contributed by atoms with Crippen molar-refractivity contribution in [2.24, 2.45) is 0 Å². The van der Waals surface area contributed by atoms with Crippen molar-refractivity contribution in [1.29, 1.82) is 0 Å². The van der Waals surface area contributed by atoms with Gasteiger partial charge in [0.1, 0.15) is 11.5 Å². The van der Waals surface area contributed by atoms with Gasteiger partial charge in [-0.1, -0.05) is 13.0 Å². The first-order chi connectivity index (χ1) is 12.2. The fraction of sp³-hybridized carbons (Fsp3) is 0.526. The van der Waals surface area contributed by atoms with Gasteiger partial charge in [0, 0.05) is 43.1 Å². The Kier molecular flexibility index (Phi) is 5.94. The van der Waals surface area contributed by atoms with E-state index in [-0.39, 0.29) is 6.04 Å². The van der Waals surface area contributed by atoms with Gasteiger partial charge in [0.25, 0.3) is 0 Å². The fourth-order valence-corrected chi connectivity index (χ4v) is 3.02. The summed E-state index contributed by atoms with van der Waals surface area (Å²) in [6.07, 6.45) is 2.64. The molecular formula is C19H27N5O. The van der Waals surface area contributed by atoms with Crippen LogP contribution < -0.4 is 5.32 Å². The highest BCUT2D eigenvalue weighted by Crippen LogP contribution is 2.18. The predicted molar refractivity (Wildman–Crippen MR) is 99.6 cm³/mol. The molecule has 0 amide bonds. The van der Waals surface area contributed by atoms with Crippen molar-refractivity contribution in [1.82, 2.24) is 19.9 Å². The highest BCUT2D eigenvalue weighted by atomic mass is 16.5. The number of rotatable bonds is 6. The van der Waals surface area contributed by atoms with Crippen molar-refractivity contribution in [2.45, 2.75) is 39.3 Å². The molecule has 1 N–H and O–H groups in total. The number of aromatic nitrogens is 3. The van der Waals surface area contributed by atoms with E-state index < -0.39 is 0 Å². The molecule has 25 heavy (non-hydrogen) atoms. The van der Waals surface area contributed by atoms with Gasteiger partial charge in [0.15, 0.2) is 5.82 Å². The van der Waals surface area contributed by atoms with Gasteiger partial charge in [0.2, 0.25) is 0 Å². The quantitative estimate of drug-likeness (QED) is 0.871. The van der Waals surface area contributed by atoms with E-state index in [9.17, 15) is 0 Å². The Labute approximate surface area is 149 Å². The zero-order valence-corrected chi connectivity index (χ0v) is 15.3. The first-order valence-corrected chi connectivity index (χ1v) is 9.05. The molecule has 1 saturated heterocycles. The number of ether oxygens (including phenoxy) is 1. The third kappa shape index (κ3) is 4.52. The molecule has 2 atom stereocenters. The summed E-state index contributed by atoms with van der Waals surface area (Å²) in [5, 5.41) is 3.56. The Morgan fingerprint density at radius 2 is 2.00 bits per heavy atom. The minimum Gasteiger partial charge on any atom is -0.379 e. The molecule has 1 aliphatic heterocycles. The second-order valence-electron chi connectivity index (χ2n) is 6.46. The Morgan fingerprint density at radius 3 is 2.68 bits per heavy atom. The summed E-state index contributed by atoms with van der Waals surface area (Å²) in [6.45, 7) is 10.2. The van der Waals surface area contributed by atoms with Crippen molar-refractivity contribution in [3.8, 4) is 11.5 Å². The number of nitrogens with one attached hydrogen (secondary N) is 1. The summed E-state index contributed by atoms with van der Waals surface area (Å²) >= 11 is 0. The largest absolute Gasteiger partial charge is 0.379 e. The highest BCUT2D eigenvalue weighted by Gasteiger charge is 2.22. The summed E-state index contributed by atoms with van der Waals surface area (Å²) in [5.41, 5.74) is 1.82. The molecule has 0 bridgehead atoms. The third-order valence-corrected chi connectivity index (χ3v) is 4.76. The molecule has 6 nitrogen and oxygen atoms in total. The number of hydrogen-bond acceptors (Lipinski definition) is 6. The van der Waals surface area contributed by atoms with Crippen molar-refractivity contribution in [3.05, 3.63) is 36.2 Å². The van der Waals surface area contributed by atoms with Gasteiger partial charge in [-0.15, -0.1) is 0 Å². The molecule has 0 saturated carbocycles. The van der Waals surface area contributed by atoms with Gasteiger partial charge in [-0.3, -0.25) is 9.88 Å². The van der Waals surface area contributed by atoms with E-state index in [1.165, 1.54) is 0 Å². The predicted octanol–water partition coefficient (Wildman–Crippen LogP) is 2.62. The van der Waals surface area contributed by atoms with E-state index in [0.29, 0.717) is 11.9 Å². The number of pyridine rings is 1. The number of aryl methyl sites for hydroxylation is 1. The van der Waals surface area contributed by atoms with Crippen LogP contribution in [0.1, 0.15) is 26.5 Å². The van der Waals surface area contributed by atoms with Crippen LogP contribution in [-0.2, 0) is 11.2 Å². The molecule has 134 valence electrons. The summed E-state index contributed by atoms with van der Waals surface area (Å²) in [6, 6.07) is 8.52. The monoisotopic (exact) mass is 341 g/mol. The standard InChI is InChI=1S/C19H27N5O/c1-4-16-13-18(23-19(22-16)17-7-5-6-8-20-17)21-14(2)15(3)24-9-11-25-12-10-24/h5-8,13-15H,4,9-12H2,1-3H3,(H,21,22,23). The Balaban J connectivity index is 1.77. The Bertz CT molecular complexity index is 673.